The van der Waals surface area contributed by atoms with Crippen LogP contribution in [0.25, 0.3) is 0 Å². The van der Waals surface area contributed by atoms with E-state index < -0.39 is 17.7 Å². The highest BCUT2D eigenvalue weighted by atomic mass is 19.4. The van der Waals surface area contributed by atoms with E-state index in [0.29, 0.717) is 13.2 Å². The lowest BCUT2D eigenvalue weighted by Crippen LogP contribution is -2.61. The number of morpholine rings is 1. The van der Waals surface area contributed by atoms with Crippen LogP contribution in [0.4, 0.5) is 18.9 Å². The van der Waals surface area contributed by atoms with Crippen LogP contribution in [-0.4, -0.2) is 89.4 Å². The Morgan fingerprint density at radius 3 is 2.63 bits per heavy atom. The molecule has 1 aromatic heterocycles. The van der Waals surface area contributed by atoms with Crippen molar-refractivity contribution in [2.75, 3.05) is 50.9 Å². The minimum atomic E-state index is -5.08. The fourth-order valence-electron chi connectivity index (χ4n) is 3.49. The van der Waals surface area contributed by atoms with Crippen LogP contribution >= 0.6 is 0 Å². The first-order valence-corrected chi connectivity index (χ1v) is 9.61. The Morgan fingerprint density at radius 1 is 1.37 bits per heavy atom. The van der Waals surface area contributed by atoms with Crippen LogP contribution < -0.4 is 4.90 Å². The van der Waals surface area contributed by atoms with Gasteiger partial charge in [0.05, 0.1) is 31.6 Å². The third-order valence-electron chi connectivity index (χ3n) is 5.14. The zero-order valence-corrected chi connectivity index (χ0v) is 16.6. The van der Waals surface area contributed by atoms with Gasteiger partial charge < -0.3 is 19.5 Å². The molecule has 3 heterocycles. The van der Waals surface area contributed by atoms with E-state index in [1.165, 1.54) is 12.8 Å². The minimum Gasteiger partial charge on any atom is -0.475 e. The molecule has 1 amide bonds. The molecule has 1 aromatic rings. The highest BCUT2D eigenvalue weighted by molar-refractivity contribution is 5.95. The van der Waals surface area contributed by atoms with Crippen molar-refractivity contribution in [2.45, 2.75) is 24.6 Å². The number of aryl methyl sites for hydroxylation is 1. The Bertz CT molecular complexity index is 767. The molecule has 4 rings (SSSR count). The van der Waals surface area contributed by atoms with E-state index in [9.17, 15) is 18.0 Å². The summed E-state index contributed by atoms with van der Waals surface area (Å²) in [6, 6.07) is 0. The summed E-state index contributed by atoms with van der Waals surface area (Å²) in [5.74, 6) is -1.93. The smallest absolute Gasteiger partial charge is 0.475 e. The number of carbonyl (C=O) groups is 2. The third-order valence-corrected chi connectivity index (χ3v) is 5.14. The van der Waals surface area contributed by atoms with Crippen LogP contribution in [0, 0.1) is 5.92 Å². The van der Waals surface area contributed by atoms with Crippen molar-refractivity contribution in [3.8, 4) is 0 Å². The molecule has 30 heavy (non-hydrogen) atoms. The average Bonchev–Trinajstić information content (AvgIpc) is 3.41. The topological polar surface area (TPSA) is 97.1 Å². The number of halogens is 3. The number of alkyl halides is 3. The van der Waals surface area contributed by atoms with Gasteiger partial charge >= 0.3 is 12.1 Å². The molecule has 1 spiro atoms. The van der Waals surface area contributed by atoms with Gasteiger partial charge in [0.25, 0.3) is 5.91 Å². The number of hydrogen-bond donors (Lipinski definition) is 1. The Kier molecular flexibility index (Phi) is 6.68. The van der Waals surface area contributed by atoms with Gasteiger partial charge in [-0.2, -0.15) is 18.3 Å². The molecule has 0 aromatic carbocycles. The van der Waals surface area contributed by atoms with Gasteiger partial charge in [0, 0.05) is 32.9 Å². The Labute approximate surface area is 171 Å². The van der Waals surface area contributed by atoms with E-state index in [0.717, 1.165) is 37.8 Å². The summed E-state index contributed by atoms with van der Waals surface area (Å²) in [6.45, 7) is 4.80. The average molecular weight is 434 g/mol. The van der Waals surface area contributed by atoms with Crippen molar-refractivity contribution >= 4 is 17.6 Å². The standard InChI is InChI=1S/C16H24N4O3.C2HF3O2/c1-18-8-14(6-17-18)20-11-16(23-9-15(20)21)10-19(4-5-22-12-16)7-13-2-3-13;3-2(4,5)1(6)7/h6,8,13H,2-5,7,9-12H2,1H3;(H,6,7). The number of rotatable bonds is 3. The molecular weight excluding hydrogens is 409 g/mol. The van der Waals surface area contributed by atoms with Crippen LogP contribution in [0.2, 0.25) is 0 Å². The first-order valence-electron chi connectivity index (χ1n) is 9.61. The van der Waals surface area contributed by atoms with Gasteiger partial charge in [-0.1, -0.05) is 0 Å². The van der Waals surface area contributed by atoms with Crippen molar-refractivity contribution in [1.29, 1.82) is 0 Å². The van der Waals surface area contributed by atoms with Crippen LogP contribution in [0.5, 0.6) is 0 Å². The number of aliphatic carboxylic acids is 1. The maximum atomic E-state index is 12.3. The van der Waals surface area contributed by atoms with Crippen LogP contribution in [-0.2, 0) is 26.1 Å². The van der Waals surface area contributed by atoms with Crippen molar-refractivity contribution in [3.63, 3.8) is 0 Å². The van der Waals surface area contributed by atoms with E-state index in [2.05, 4.69) is 10.00 Å². The molecule has 1 atom stereocenters. The molecule has 1 saturated carbocycles. The molecule has 168 valence electrons. The van der Waals surface area contributed by atoms with Gasteiger partial charge in [0.15, 0.2) is 0 Å². The number of hydrogen-bond acceptors (Lipinski definition) is 6. The third kappa shape index (κ3) is 5.92. The van der Waals surface area contributed by atoms with Crippen molar-refractivity contribution in [1.82, 2.24) is 14.7 Å². The summed E-state index contributed by atoms with van der Waals surface area (Å²) in [6.07, 6.45) is 1.20. The van der Waals surface area contributed by atoms with Gasteiger partial charge in [0.2, 0.25) is 0 Å². The van der Waals surface area contributed by atoms with Crippen molar-refractivity contribution in [3.05, 3.63) is 12.4 Å². The van der Waals surface area contributed by atoms with Gasteiger partial charge in [-0.15, -0.1) is 0 Å². The molecule has 1 N–H and O–H groups in total. The Balaban J connectivity index is 0.000000318. The largest absolute Gasteiger partial charge is 0.490 e. The number of carboxylic acid groups (broad SMARTS) is 1. The highest BCUT2D eigenvalue weighted by Crippen LogP contribution is 2.32. The lowest BCUT2D eigenvalue weighted by Gasteiger charge is -2.42. The molecule has 2 aliphatic heterocycles. The molecule has 2 saturated heterocycles. The number of ether oxygens (including phenoxy) is 2. The maximum Gasteiger partial charge on any atom is 0.490 e. The Morgan fingerprint density at radius 2 is 2.07 bits per heavy atom. The summed E-state index contributed by atoms with van der Waals surface area (Å²) in [5, 5.41) is 11.3. The molecule has 1 aliphatic carbocycles. The quantitative estimate of drug-likeness (QED) is 0.755. The first kappa shape index (κ1) is 22.5. The van der Waals surface area contributed by atoms with E-state index in [-0.39, 0.29) is 12.5 Å². The van der Waals surface area contributed by atoms with Crippen LogP contribution in [0.15, 0.2) is 12.4 Å². The number of carboxylic acids is 1. The predicted molar refractivity (Wildman–Crippen MR) is 97.9 cm³/mol. The number of nitrogens with zero attached hydrogens (tertiary/aromatic N) is 4. The zero-order valence-electron chi connectivity index (χ0n) is 16.6. The molecular formula is C18H25F3N4O5. The molecule has 12 heteroatoms. The van der Waals surface area contributed by atoms with Gasteiger partial charge in [-0.3, -0.25) is 14.4 Å². The molecule has 3 fully saturated rings. The molecule has 1 unspecified atom stereocenters. The summed E-state index contributed by atoms with van der Waals surface area (Å²) in [7, 11) is 1.86. The second-order valence-corrected chi connectivity index (χ2v) is 7.86. The fourth-order valence-corrected chi connectivity index (χ4v) is 3.49. The predicted octanol–water partition coefficient (Wildman–Crippen LogP) is 0.898. The lowest BCUT2D eigenvalue weighted by molar-refractivity contribution is -0.192. The second kappa shape index (κ2) is 8.90. The lowest BCUT2D eigenvalue weighted by atomic mass is 10.0. The number of anilines is 1. The van der Waals surface area contributed by atoms with Crippen LogP contribution in [0.1, 0.15) is 12.8 Å². The minimum absolute atomic E-state index is 0.0124. The number of aromatic nitrogens is 2. The van der Waals surface area contributed by atoms with Crippen LogP contribution in [0.3, 0.4) is 0 Å². The summed E-state index contributed by atoms with van der Waals surface area (Å²) in [5.41, 5.74) is 0.396. The SMILES string of the molecule is Cn1cc(N2CC3(COCCN(CC4CC4)C3)OCC2=O)cn1.O=C(O)C(F)(F)F. The highest BCUT2D eigenvalue weighted by Gasteiger charge is 2.44. The van der Waals surface area contributed by atoms with Gasteiger partial charge in [-0.25, -0.2) is 4.79 Å². The summed E-state index contributed by atoms with van der Waals surface area (Å²) >= 11 is 0. The normalized spacial score (nSPS) is 25.6. The maximum absolute atomic E-state index is 12.3. The first-order chi connectivity index (χ1) is 14.1. The van der Waals surface area contributed by atoms with Crippen molar-refractivity contribution in [2.24, 2.45) is 13.0 Å². The van der Waals surface area contributed by atoms with E-state index in [1.54, 1.807) is 15.8 Å². The van der Waals surface area contributed by atoms with E-state index in [1.807, 2.05) is 13.2 Å². The van der Waals surface area contributed by atoms with Crippen molar-refractivity contribution < 1.29 is 37.3 Å². The molecule has 3 aliphatic rings. The van der Waals surface area contributed by atoms with Gasteiger partial charge in [0.1, 0.15) is 12.2 Å². The summed E-state index contributed by atoms with van der Waals surface area (Å²) in [4.78, 5) is 25.4. The molecule has 0 bridgehead atoms. The van der Waals surface area contributed by atoms with Gasteiger partial charge in [-0.05, 0) is 18.8 Å². The summed E-state index contributed by atoms with van der Waals surface area (Å²) < 4.78 is 45.3. The Hall–Kier alpha value is -2.18. The van der Waals surface area contributed by atoms with E-state index >= 15 is 0 Å². The number of carbonyl (C=O) groups excluding carboxylic acids is 1. The molecule has 9 nitrogen and oxygen atoms in total. The monoisotopic (exact) mass is 434 g/mol. The van der Waals surface area contributed by atoms with E-state index in [4.69, 9.17) is 19.4 Å². The molecule has 0 radical (unpaired) electrons. The fraction of sp³-hybridized carbons (Fsp3) is 0.722. The zero-order chi connectivity index (χ0) is 21.9. The number of amides is 1. The second-order valence-electron chi connectivity index (χ2n) is 7.86.